The Morgan fingerprint density at radius 1 is 1.40 bits per heavy atom. The average Bonchev–Trinajstić information content (AvgIpc) is 2.47. The van der Waals surface area contributed by atoms with Crippen LogP contribution in [0.25, 0.3) is 0 Å². The largest absolute Gasteiger partial charge is 0.352 e. The van der Waals surface area contributed by atoms with Crippen LogP contribution in [-0.2, 0) is 0 Å². The molecule has 2 atom stereocenters. The number of carbonyl (C=O) groups excluding carboxylic acids is 1. The van der Waals surface area contributed by atoms with Crippen LogP contribution in [0, 0.1) is 5.92 Å². The van der Waals surface area contributed by atoms with Crippen molar-refractivity contribution in [1.82, 2.24) is 15.1 Å². The molecule has 1 aliphatic rings. The van der Waals surface area contributed by atoms with E-state index in [9.17, 15) is 4.79 Å². The number of hydrogen-bond acceptors (Lipinski definition) is 5. The number of anilines is 1. The van der Waals surface area contributed by atoms with Crippen molar-refractivity contribution in [3.63, 3.8) is 0 Å². The molecule has 2 N–H and O–H groups in total. The maximum atomic E-state index is 11.8. The molecule has 0 spiro atoms. The first-order valence-corrected chi connectivity index (χ1v) is 7.05. The second kappa shape index (κ2) is 6.17. The van der Waals surface area contributed by atoms with E-state index < -0.39 is 0 Å². The Balaban J connectivity index is 2.14. The topological polar surface area (TPSA) is 75.3 Å². The first kappa shape index (κ1) is 14.7. The summed E-state index contributed by atoms with van der Waals surface area (Å²) in [6.45, 7) is 3.80. The molecule has 0 saturated carbocycles. The number of amides is 1. The Morgan fingerprint density at radius 3 is 2.70 bits per heavy atom. The number of nitrogens with zero attached hydrogens (tertiary/aromatic N) is 4. The zero-order valence-electron chi connectivity index (χ0n) is 12.4. The minimum Gasteiger partial charge on any atom is -0.352 e. The van der Waals surface area contributed by atoms with Gasteiger partial charge in [0.2, 0.25) is 0 Å². The molecule has 1 saturated heterocycles. The Morgan fingerprint density at radius 2 is 2.15 bits per heavy atom. The number of nitrogens with two attached hydrogens (primary N) is 1. The Kier molecular flexibility index (Phi) is 4.54. The third-order valence-corrected chi connectivity index (χ3v) is 3.88. The quantitative estimate of drug-likeness (QED) is 0.882. The molecule has 1 fully saturated rings. The number of rotatable bonds is 3. The molecule has 2 rings (SSSR count). The van der Waals surface area contributed by atoms with Gasteiger partial charge in [0, 0.05) is 26.7 Å². The van der Waals surface area contributed by atoms with E-state index in [0.29, 0.717) is 24.2 Å². The Hall–Kier alpha value is -1.69. The summed E-state index contributed by atoms with van der Waals surface area (Å²) in [5.41, 5.74) is 6.15. The molecule has 1 amide bonds. The molecule has 2 heterocycles. The van der Waals surface area contributed by atoms with E-state index in [0.717, 1.165) is 18.8 Å². The van der Waals surface area contributed by atoms with Crippen LogP contribution in [0.3, 0.4) is 0 Å². The molecule has 1 aliphatic heterocycles. The van der Waals surface area contributed by atoms with Crippen LogP contribution in [0.5, 0.6) is 0 Å². The second-order valence-electron chi connectivity index (χ2n) is 5.66. The van der Waals surface area contributed by atoms with Crippen LogP contribution in [0.15, 0.2) is 12.1 Å². The number of piperidine rings is 1. The van der Waals surface area contributed by atoms with Crippen LogP contribution in [0.4, 0.5) is 5.82 Å². The van der Waals surface area contributed by atoms with Gasteiger partial charge >= 0.3 is 0 Å². The maximum absolute atomic E-state index is 11.8. The van der Waals surface area contributed by atoms with Crippen molar-refractivity contribution in [2.75, 3.05) is 32.1 Å². The predicted molar refractivity (Wildman–Crippen MR) is 78.6 cm³/mol. The van der Waals surface area contributed by atoms with Gasteiger partial charge in [0.15, 0.2) is 11.5 Å². The minimum atomic E-state index is -0.129. The van der Waals surface area contributed by atoms with Gasteiger partial charge in [-0.05, 0) is 44.4 Å². The predicted octanol–water partition coefficient (Wildman–Crippen LogP) is 0.742. The van der Waals surface area contributed by atoms with Crippen molar-refractivity contribution in [2.24, 2.45) is 11.7 Å². The standard InChI is InChI=1S/C14H23N5O/c1-10-4-5-11(8-15)9-19(10)13-7-6-12(16-17-13)14(20)18(2)3/h6-7,10-11H,4-5,8-9,15H2,1-3H3. The second-order valence-corrected chi connectivity index (χ2v) is 5.66. The Labute approximate surface area is 120 Å². The summed E-state index contributed by atoms with van der Waals surface area (Å²) in [5, 5.41) is 8.26. The first-order valence-electron chi connectivity index (χ1n) is 7.05. The summed E-state index contributed by atoms with van der Waals surface area (Å²) in [4.78, 5) is 15.5. The summed E-state index contributed by atoms with van der Waals surface area (Å²) in [5.74, 6) is 1.21. The number of hydrogen-bond donors (Lipinski definition) is 1. The highest BCUT2D eigenvalue weighted by molar-refractivity contribution is 5.91. The molecule has 6 nitrogen and oxygen atoms in total. The monoisotopic (exact) mass is 277 g/mol. The molecule has 20 heavy (non-hydrogen) atoms. The molecule has 110 valence electrons. The molecule has 0 aromatic carbocycles. The molecule has 0 radical (unpaired) electrons. The lowest BCUT2D eigenvalue weighted by molar-refractivity contribution is 0.0821. The van der Waals surface area contributed by atoms with E-state index in [1.54, 1.807) is 20.2 Å². The van der Waals surface area contributed by atoms with Crippen LogP contribution >= 0.6 is 0 Å². The molecular weight excluding hydrogens is 254 g/mol. The van der Waals surface area contributed by atoms with Crippen molar-refractivity contribution in [3.8, 4) is 0 Å². The van der Waals surface area contributed by atoms with Gasteiger partial charge < -0.3 is 15.5 Å². The minimum absolute atomic E-state index is 0.129. The van der Waals surface area contributed by atoms with Crippen molar-refractivity contribution < 1.29 is 4.79 Å². The molecule has 6 heteroatoms. The first-order chi connectivity index (χ1) is 9.52. The number of aromatic nitrogens is 2. The van der Waals surface area contributed by atoms with Gasteiger partial charge in [0.05, 0.1) is 0 Å². The normalized spacial score (nSPS) is 22.7. The lowest BCUT2D eigenvalue weighted by atomic mass is 9.93. The summed E-state index contributed by atoms with van der Waals surface area (Å²) in [6, 6.07) is 4.05. The van der Waals surface area contributed by atoms with Gasteiger partial charge in [-0.2, -0.15) is 0 Å². The van der Waals surface area contributed by atoms with E-state index in [2.05, 4.69) is 22.0 Å². The van der Waals surface area contributed by atoms with E-state index in [1.165, 1.54) is 11.3 Å². The fraction of sp³-hybridized carbons (Fsp3) is 0.643. The molecule has 1 aromatic rings. The van der Waals surface area contributed by atoms with Crippen LogP contribution in [-0.4, -0.2) is 54.2 Å². The summed E-state index contributed by atoms with van der Waals surface area (Å²) in [6.07, 6.45) is 2.28. The highest BCUT2D eigenvalue weighted by atomic mass is 16.2. The third-order valence-electron chi connectivity index (χ3n) is 3.88. The third kappa shape index (κ3) is 3.07. The van der Waals surface area contributed by atoms with Crippen molar-refractivity contribution >= 4 is 11.7 Å². The maximum Gasteiger partial charge on any atom is 0.273 e. The van der Waals surface area contributed by atoms with Gasteiger partial charge in [0.25, 0.3) is 5.91 Å². The fourth-order valence-electron chi connectivity index (χ4n) is 2.52. The number of carbonyl (C=O) groups is 1. The molecule has 0 aliphatic carbocycles. The molecule has 1 aromatic heterocycles. The lowest BCUT2D eigenvalue weighted by Gasteiger charge is -2.38. The van der Waals surface area contributed by atoms with E-state index >= 15 is 0 Å². The van der Waals surface area contributed by atoms with E-state index in [-0.39, 0.29) is 5.91 Å². The summed E-state index contributed by atoms with van der Waals surface area (Å²) in [7, 11) is 3.41. The van der Waals surface area contributed by atoms with Gasteiger partial charge in [-0.15, -0.1) is 10.2 Å². The highest BCUT2D eigenvalue weighted by Crippen LogP contribution is 2.25. The van der Waals surface area contributed by atoms with Crippen molar-refractivity contribution in [2.45, 2.75) is 25.8 Å². The molecule has 0 bridgehead atoms. The molecule has 2 unspecified atom stereocenters. The Bertz CT molecular complexity index is 459. The van der Waals surface area contributed by atoms with E-state index in [1.807, 2.05) is 6.07 Å². The molecular formula is C14H23N5O. The zero-order chi connectivity index (χ0) is 14.7. The average molecular weight is 277 g/mol. The van der Waals surface area contributed by atoms with Crippen molar-refractivity contribution in [1.29, 1.82) is 0 Å². The van der Waals surface area contributed by atoms with E-state index in [4.69, 9.17) is 5.73 Å². The van der Waals surface area contributed by atoms with Gasteiger partial charge in [0.1, 0.15) is 0 Å². The highest BCUT2D eigenvalue weighted by Gasteiger charge is 2.26. The van der Waals surface area contributed by atoms with Crippen LogP contribution in [0.2, 0.25) is 0 Å². The van der Waals surface area contributed by atoms with Gasteiger partial charge in [-0.3, -0.25) is 4.79 Å². The van der Waals surface area contributed by atoms with Crippen LogP contribution < -0.4 is 10.6 Å². The van der Waals surface area contributed by atoms with Crippen molar-refractivity contribution in [3.05, 3.63) is 17.8 Å². The van der Waals surface area contributed by atoms with Gasteiger partial charge in [-0.1, -0.05) is 0 Å². The zero-order valence-corrected chi connectivity index (χ0v) is 12.4. The summed E-state index contributed by atoms with van der Waals surface area (Å²) >= 11 is 0. The summed E-state index contributed by atoms with van der Waals surface area (Å²) < 4.78 is 0. The van der Waals surface area contributed by atoms with Crippen LogP contribution in [0.1, 0.15) is 30.3 Å². The SMILES string of the molecule is CC1CCC(CN)CN1c1ccc(C(=O)N(C)C)nn1. The lowest BCUT2D eigenvalue weighted by Crippen LogP contribution is -2.44. The fourth-order valence-corrected chi connectivity index (χ4v) is 2.52. The smallest absolute Gasteiger partial charge is 0.273 e. The van der Waals surface area contributed by atoms with Gasteiger partial charge in [-0.25, -0.2) is 0 Å².